The lowest BCUT2D eigenvalue weighted by Gasteiger charge is -2.20. The van der Waals surface area contributed by atoms with E-state index in [2.05, 4.69) is 10.2 Å². The van der Waals surface area contributed by atoms with Crippen LogP contribution in [0.2, 0.25) is 0 Å². The maximum atomic E-state index is 13.0. The Morgan fingerprint density at radius 2 is 2.14 bits per heavy atom. The number of nitrogens with one attached hydrogen (secondary N) is 1. The van der Waals surface area contributed by atoms with Crippen molar-refractivity contribution in [2.45, 2.75) is 31.8 Å². The second-order valence-electron chi connectivity index (χ2n) is 5.52. The van der Waals surface area contributed by atoms with E-state index in [-0.39, 0.29) is 5.82 Å². The van der Waals surface area contributed by atoms with Crippen molar-refractivity contribution in [2.75, 3.05) is 19.0 Å². The zero-order valence-electron chi connectivity index (χ0n) is 12.4. The summed E-state index contributed by atoms with van der Waals surface area (Å²) in [5.41, 5.74) is 2.31. The fraction of sp³-hybridized carbons (Fsp3) is 0.438. The Morgan fingerprint density at radius 1 is 1.38 bits per heavy atom. The molecule has 1 atom stereocenters. The third-order valence-electron chi connectivity index (χ3n) is 3.95. The molecule has 0 spiro atoms. The monoisotopic (exact) mass is 305 g/mol. The number of thiazole rings is 1. The van der Waals surface area contributed by atoms with Gasteiger partial charge in [0.2, 0.25) is 0 Å². The number of anilines is 1. The van der Waals surface area contributed by atoms with Crippen LogP contribution in [-0.2, 0) is 13.0 Å². The molecule has 1 unspecified atom stereocenters. The van der Waals surface area contributed by atoms with Crippen LogP contribution in [0.1, 0.15) is 35.0 Å². The summed E-state index contributed by atoms with van der Waals surface area (Å²) < 4.78 is 13.0. The molecular formula is C16H20FN3S. The van der Waals surface area contributed by atoms with Gasteiger partial charge in [0.1, 0.15) is 5.82 Å². The molecule has 0 amide bonds. The van der Waals surface area contributed by atoms with E-state index in [4.69, 9.17) is 4.98 Å². The normalized spacial score (nSPS) is 17.6. The Hall–Kier alpha value is -1.46. The lowest BCUT2D eigenvalue weighted by molar-refractivity contribution is 0.490. The predicted molar refractivity (Wildman–Crippen MR) is 85.4 cm³/mol. The summed E-state index contributed by atoms with van der Waals surface area (Å²) >= 11 is 1.79. The molecule has 0 saturated heterocycles. The van der Waals surface area contributed by atoms with Crippen molar-refractivity contribution in [3.05, 3.63) is 46.2 Å². The maximum absolute atomic E-state index is 13.0. The fourth-order valence-electron chi connectivity index (χ4n) is 2.78. The zero-order chi connectivity index (χ0) is 14.8. The van der Waals surface area contributed by atoms with Gasteiger partial charge in [-0.05, 0) is 44.0 Å². The van der Waals surface area contributed by atoms with E-state index in [1.807, 2.05) is 26.2 Å². The zero-order valence-corrected chi connectivity index (χ0v) is 13.2. The number of aromatic nitrogens is 1. The molecule has 5 heteroatoms. The van der Waals surface area contributed by atoms with Crippen LogP contribution in [0.15, 0.2) is 24.3 Å². The van der Waals surface area contributed by atoms with Gasteiger partial charge < -0.3 is 10.2 Å². The van der Waals surface area contributed by atoms with E-state index in [9.17, 15) is 4.39 Å². The highest BCUT2D eigenvalue weighted by molar-refractivity contribution is 7.15. The molecule has 1 aromatic carbocycles. The van der Waals surface area contributed by atoms with Crippen molar-refractivity contribution in [3.63, 3.8) is 0 Å². The molecule has 21 heavy (non-hydrogen) atoms. The molecule has 1 heterocycles. The Bertz CT molecular complexity index is 608. The van der Waals surface area contributed by atoms with Crippen molar-refractivity contribution in [2.24, 2.45) is 0 Å². The Kier molecular flexibility index (Phi) is 4.22. The Balaban J connectivity index is 1.77. The van der Waals surface area contributed by atoms with E-state index < -0.39 is 0 Å². The Morgan fingerprint density at radius 3 is 2.86 bits per heavy atom. The van der Waals surface area contributed by atoms with Gasteiger partial charge in [-0.25, -0.2) is 9.37 Å². The first-order valence-corrected chi connectivity index (χ1v) is 8.11. The van der Waals surface area contributed by atoms with Crippen molar-refractivity contribution in [1.82, 2.24) is 10.3 Å². The van der Waals surface area contributed by atoms with Crippen molar-refractivity contribution >= 4 is 16.5 Å². The average molecular weight is 305 g/mol. The van der Waals surface area contributed by atoms with E-state index in [1.54, 1.807) is 11.3 Å². The first-order chi connectivity index (χ1) is 10.2. The minimum Gasteiger partial charge on any atom is -0.347 e. The number of hydrogen-bond donors (Lipinski definition) is 1. The highest BCUT2D eigenvalue weighted by atomic mass is 32.1. The first kappa shape index (κ1) is 14.5. The number of rotatable bonds is 4. The molecule has 0 radical (unpaired) electrons. The average Bonchev–Trinajstić information content (AvgIpc) is 2.93. The number of fused-ring (bicyclic) bond motifs is 1. The molecule has 0 fully saturated rings. The van der Waals surface area contributed by atoms with Crippen LogP contribution in [0.25, 0.3) is 0 Å². The SMILES string of the molecule is CNC1CCCc2sc(N(C)Cc3ccc(F)cc3)nc21. The molecule has 1 aliphatic carbocycles. The van der Waals surface area contributed by atoms with Crippen LogP contribution in [0, 0.1) is 5.82 Å². The highest BCUT2D eigenvalue weighted by Crippen LogP contribution is 2.36. The van der Waals surface area contributed by atoms with Gasteiger partial charge in [0, 0.05) is 18.5 Å². The molecule has 3 nitrogen and oxygen atoms in total. The quantitative estimate of drug-likeness (QED) is 0.937. The van der Waals surface area contributed by atoms with Crippen LogP contribution >= 0.6 is 11.3 Å². The van der Waals surface area contributed by atoms with Gasteiger partial charge in [-0.1, -0.05) is 12.1 Å². The molecule has 1 aliphatic rings. The summed E-state index contributed by atoms with van der Waals surface area (Å²) in [5.74, 6) is -0.192. The molecule has 1 N–H and O–H groups in total. The molecule has 0 aliphatic heterocycles. The lowest BCUT2D eigenvalue weighted by atomic mass is 9.98. The Labute approximate surface area is 128 Å². The van der Waals surface area contributed by atoms with Crippen LogP contribution in [0.5, 0.6) is 0 Å². The molecule has 112 valence electrons. The summed E-state index contributed by atoms with van der Waals surface area (Å²) in [7, 11) is 4.04. The van der Waals surface area contributed by atoms with E-state index in [0.717, 1.165) is 30.1 Å². The molecule has 2 aromatic rings. The molecule has 0 bridgehead atoms. The van der Waals surface area contributed by atoms with Crippen LogP contribution in [-0.4, -0.2) is 19.1 Å². The topological polar surface area (TPSA) is 28.2 Å². The first-order valence-electron chi connectivity index (χ1n) is 7.30. The second kappa shape index (κ2) is 6.12. The van der Waals surface area contributed by atoms with Crippen LogP contribution in [0.4, 0.5) is 9.52 Å². The van der Waals surface area contributed by atoms with Crippen molar-refractivity contribution in [1.29, 1.82) is 0 Å². The number of benzene rings is 1. The molecular weight excluding hydrogens is 285 g/mol. The summed E-state index contributed by atoms with van der Waals surface area (Å²) in [5, 5.41) is 4.40. The summed E-state index contributed by atoms with van der Waals surface area (Å²) in [6, 6.07) is 7.06. The fourth-order valence-corrected chi connectivity index (χ4v) is 3.90. The standard InChI is InChI=1S/C16H20FN3S/c1-18-13-4-3-5-14-15(13)19-16(21-14)20(2)10-11-6-8-12(17)9-7-11/h6-9,13,18H,3-5,10H2,1-2H3. The molecule has 1 aromatic heterocycles. The van der Waals surface area contributed by atoms with Gasteiger partial charge in [-0.3, -0.25) is 0 Å². The number of aryl methyl sites for hydroxylation is 1. The maximum Gasteiger partial charge on any atom is 0.185 e. The van der Waals surface area contributed by atoms with E-state index in [0.29, 0.717) is 6.04 Å². The lowest BCUT2D eigenvalue weighted by Crippen LogP contribution is -2.21. The number of hydrogen-bond acceptors (Lipinski definition) is 4. The third-order valence-corrected chi connectivity index (χ3v) is 5.20. The molecule has 3 rings (SSSR count). The highest BCUT2D eigenvalue weighted by Gasteiger charge is 2.24. The largest absolute Gasteiger partial charge is 0.347 e. The third kappa shape index (κ3) is 3.09. The van der Waals surface area contributed by atoms with Crippen LogP contribution < -0.4 is 10.2 Å². The minimum atomic E-state index is -0.192. The smallest absolute Gasteiger partial charge is 0.185 e. The van der Waals surface area contributed by atoms with Crippen LogP contribution in [0.3, 0.4) is 0 Å². The van der Waals surface area contributed by atoms with E-state index in [1.165, 1.54) is 29.1 Å². The van der Waals surface area contributed by atoms with E-state index >= 15 is 0 Å². The van der Waals surface area contributed by atoms with Gasteiger partial charge in [-0.2, -0.15) is 0 Å². The minimum absolute atomic E-state index is 0.192. The summed E-state index contributed by atoms with van der Waals surface area (Å²) in [4.78, 5) is 8.37. The van der Waals surface area contributed by atoms with Gasteiger partial charge >= 0.3 is 0 Å². The van der Waals surface area contributed by atoms with Gasteiger partial charge in [0.15, 0.2) is 5.13 Å². The summed E-state index contributed by atoms with van der Waals surface area (Å²) in [6.45, 7) is 0.747. The van der Waals surface area contributed by atoms with Gasteiger partial charge in [-0.15, -0.1) is 11.3 Å². The predicted octanol–water partition coefficient (Wildman–Crippen LogP) is 3.52. The number of nitrogens with zero attached hydrogens (tertiary/aromatic N) is 2. The second-order valence-corrected chi connectivity index (χ2v) is 6.58. The summed E-state index contributed by atoms with van der Waals surface area (Å²) in [6.07, 6.45) is 3.52. The van der Waals surface area contributed by atoms with Crippen molar-refractivity contribution < 1.29 is 4.39 Å². The van der Waals surface area contributed by atoms with Gasteiger partial charge in [0.25, 0.3) is 0 Å². The number of halogens is 1. The molecule has 0 saturated carbocycles. The van der Waals surface area contributed by atoms with Gasteiger partial charge in [0.05, 0.1) is 11.7 Å². The van der Waals surface area contributed by atoms with Crippen molar-refractivity contribution in [3.8, 4) is 0 Å².